The van der Waals surface area contributed by atoms with Crippen LogP contribution in [0, 0.1) is 11.6 Å². The number of carbonyl (C=O) groups is 1. The van der Waals surface area contributed by atoms with Gasteiger partial charge in [-0.1, -0.05) is 29.3 Å². The first-order valence-corrected chi connectivity index (χ1v) is 5.83. The molecule has 0 radical (unpaired) electrons. The summed E-state index contributed by atoms with van der Waals surface area (Å²) in [5.41, 5.74) is -0.0364. The third-order valence-electron chi connectivity index (χ3n) is 2.52. The fraction of sp³-hybridized carbons (Fsp3) is 0. The number of halogens is 4. The molecule has 0 atom stereocenters. The highest BCUT2D eigenvalue weighted by atomic mass is 35.5. The van der Waals surface area contributed by atoms with E-state index in [2.05, 4.69) is 0 Å². The lowest BCUT2D eigenvalue weighted by Crippen LogP contribution is -2.01. The zero-order chi connectivity index (χ0) is 14.2. The Morgan fingerprint density at radius 3 is 2.26 bits per heavy atom. The van der Waals surface area contributed by atoms with Gasteiger partial charge in [-0.15, -0.1) is 0 Å². The highest BCUT2D eigenvalue weighted by molar-refractivity contribution is 6.34. The van der Waals surface area contributed by atoms with Crippen LogP contribution in [-0.4, -0.2) is 11.1 Å². The second-order valence-electron chi connectivity index (χ2n) is 3.75. The van der Waals surface area contributed by atoms with E-state index in [4.69, 9.17) is 28.3 Å². The van der Waals surface area contributed by atoms with Gasteiger partial charge in [-0.3, -0.25) is 0 Å². The van der Waals surface area contributed by atoms with Crippen molar-refractivity contribution in [1.82, 2.24) is 0 Å². The second kappa shape index (κ2) is 5.15. The molecule has 98 valence electrons. The smallest absolute Gasteiger partial charge is 0.338 e. The molecule has 0 saturated heterocycles. The van der Waals surface area contributed by atoms with E-state index in [1.165, 1.54) is 12.1 Å². The lowest BCUT2D eigenvalue weighted by atomic mass is 10.0. The fourth-order valence-corrected chi connectivity index (χ4v) is 1.99. The first kappa shape index (κ1) is 13.8. The summed E-state index contributed by atoms with van der Waals surface area (Å²) in [5, 5.41) is 8.70. The van der Waals surface area contributed by atoms with Crippen molar-refractivity contribution >= 4 is 29.2 Å². The molecular formula is C13H6Cl2F2O2. The molecule has 0 heterocycles. The summed E-state index contributed by atoms with van der Waals surface area (Å²) in [6.45, 7) is 0. The molecule has 0 bridgehead atoms. The minimum atomic E-state index is -1.42. The van der Waals surface area contributed by atoms with Gasteiger partial charge in [0, 0.05) is 10.6 Å². The summed E-state index contributed by atoms with van der Waals surface area (Å²) in [5.74, 6) is -3.03. The maximum atomic E-state index is 13.6. The molecule has 2 aromatic carbocycles. The number of carboxylic acid groups (broad SMARTS) is 1. The number of hydrogen-bond donors (Lipinski definition) is 1. The van der Waals surface area contributed by atoms with Gasteiger partial charge in [0.2, 0.25) is 0 Å². The van der Waals surface area contributed by atoms with Gasteiger partial charge in [0.1, 0.15) is 11.6 Å². The fourth-order valence-electron chi connectivity index (χ4n) is 1.60. The van der Waals surface area contributed by atoms with Crippen molar-refractivity contribution in [2.75, 3.05) is 0 Å². The normalized spacial score (nSPS) is 10.5. The van der Waals surface area contributed by atoms with E-state index in [9.17, 15) is 13.6 Å². The standard InChI is InChI=1S/C13H6Cl2F2O2/c14-9-2-1-6(3-12(9)17)7-5-11(16)8(13(18)19)4-10(7)15/h1-5H,(H,18,19). The van der Waals surface area contributed by atoms with E-state index in [0.717, 1.165) is 18.2 Å². The van der Waals surface area contributed by atoms with Gasteiger partial charge in [-0.25, -0.2) is 13.6 Å². The van der Waals surface area contributed by atoms with Crippen LogP contribution in [0.15, 0.2) is 30.3 Å². The Balaban J connectivity index is 2.60. The summed E-state index contributed by atoms with van der Waals surface area (Å²) in [4.78, 5) is 10.7. The van der Waals surface area contributed by atoms with Crippen molar-refractivity contribution in [2.45, 2.75) is 0 Å². The first-order valence-electron chi connectivity index (χ1n) is 5.08. The molecule has 19 heavy (non-hydrogen) atoms. The Labute approximate surface area is 117 Å². The Hall–Kier alpha value is -1.65. The predicted octanol–water partition coefficient (Wildman–Crippen LogP) is 4.64. The van der Waals surface area contributed by atoms with Crippen molar-refractivity contribution in [3.63, 3.8) is 0 Å². The average Bonchev–Trinajstić information content (AvgIpc) is 2.35. The van der Waals surface area contributed by atoms with Gasteiger partial charge in [-0.05, 0) is 29.8 Å². The number of carboxylic acids is 1. The van der Waals surface area contributed by atoms with Crippen LogP contribution in [0.5, 0.6) is 0 Å². The summed E-state index contributed by atoms with van der Waals surface area (Å²) < 4.78 is 26.9. The topological polar surface area (TPSA) is 37.3 Å². The molecular weight excluding hydrogens is 297 g/mol. The van der Waals surface area contributed by atoms with Crippen LogP contribution >= 0.6 is 23.2 Å². The first-order chi connectivity index (χ1) is 8.90. The molecule has 0 aliphatic carbocycles. The lowest BCUT2D eigenvalue weighted by Gasteiger charge is -2.07. The van der Waals surface area contributed by atoms with E-state index in [1.807, 2.05) is 0 Å². The second-order valence-corrected chi connectivity index (χ2v) is 4.56. The van der Waals surface area contributed by atoms with Gasteiger partial charge < -0.3 is 5.11 Å². The summed E-state index contributed by atoms with van der Waals surface area (Å²) in [7, 11) is 0. The van der Waals surface area contributed by atoms with Crippen molar-refractivity contribution in [3.8, 4) is 11.1 Å². The molecule has 2 nitrogen and oxygen atoms in total. The maximum Gasteiger partial charge on any atom is 0.338 e. The summed E-state index contributed by atoms with van der Waals surface area (Å²) in [6, 6.07) is 5.82. The van der Waals surface area contributed by atoms with Crippen molar-refractivity contribution in [3.05, 3.63) is 57.6 Å². The van der Waals surface area contributed by atoms with Gasteiger partial charge in [-0.2, -0.15) is 0 Å². The maximum absolute atomic E-state index is 13.6. The Bertz CT molecular complexity index is 672. The van der Waals surface area contributed by atoms with E-state index < -0.39 is 23.2 Å². The molecule has 6 heteroatoms. The molecule has 0 spiro atoms. The van der Waals surface area contributed by atoms with E-state index >= 15 is 0 Å². The molecule has 2 rings (SSSR count). The number of benzene rings is 2. The average molecular weight is 303 g/mol. The summed E-state index contributed by atoms with van der Waals surface area (Å²) >= 11 is 11.4. The SMILES string of the molecule is O=C(O)c1cc(Cl)c(-c2ccc(Cl)c(F)c2)cc1F. The minimum absolute atomic E-state index is 0.0144. The third kappa shape index (κ3) is 2.69. The van der Waals surface area contributed by atoms with E-state index in [1.54, 1.807) is 0 Å². The van der Waals surface area contributed by atoms with Crippen LogP contribution in [0.4, 0.5) is 8.78 Å². The molecule has 2 aromatic rings. The van der Waals surface area contributed by atoms with Gasteiger partial charge >= 0.3 is 5.97 Å². The summed E-state index contributed by atoms with van der Waals surface area (Å²) in [6.07, 6.45) is 0. The van der Waals surface area contributed by atoms with Gasteiger partial charge in [0.25, 0.3) is 0 Å². The largest absolute Gasteiger partial charge is 0.478 e. The quantitative estimate of drug-likeness (QED) is 0.877. The molecule has 0 aliphatic heterocycles. The van der Waals surface area contributed by atoms with Gasteiger partial charge in [0.15, 0.2) is 0 Å². The predicted molar refractivity (Wildman–Crippen MR) is 68.8 cm³/mol. The third-order valence-corrected chi connectivity index (χ3v) is 3.14. The zero-order valence-corrected chi connectivity index (χ0v) is 10.8. The molecule has 0 unspecified atom stereocenters. The highest BCUT2D eigenvalue weighted by Gasteiger charge is 2.15. The number of hydrogen-bond acceptors (Lipinski definition) is 1. The Morgan fingerprint density at radius 2 is 1.68 bits per heavy atom. The Kier molecular flexibility index (Phi) is 3.73. The molecule has 1 N–H and O–H groups in total. The molecule has 0 aromatic heterocycles. The van der Waals surface area contributed by atoms with Crippen LogP contribution in [0.2, 0.25) is 10.0 Å². The monoisotopic (exact) mass is 302 g/mol. The van der Waals surface area contributed by atoms with Crippen LogP contribution in [0.1, 0.15) is 10.4 Å². The number of rotatable bonds is 2. The van der Waals surface area contributed by atoms with Crippen LogP contribution in [0.25, 0.3) is 11.1 Å². The van der Waals surface area contributed by atoms with Crippen LogP contribution in [-0.2, 0) is 0 Å². The lowest BCUT2D eigenvalue weighted by molar-refractivity contribution is 0.0692. The molecule has 0 saturated carbocycles. The zero-order valence-electron chi connectivity index (χ0n) is 9.25. The molecule has 0 amide bonds. The molecule has 0 fully saturated rings. The van der Waals surface area contributed by atoms with Crippen LogP contribution in [0.3, 0.4) is 0 Å². The highest BCUT2D eigenvalue weighted by Crippen LogP contribution is 2.32. The number of aromatic carboxylic acids is 1. The van der Waals surface area contributed by atoms with Crippen molar-refractivity contribution < 1.29 is 18.7 Å². The Morgan fingerprint density at radius 1 is 1.00 bits per heavy atom. The minimum Gasteiger partial charge on any atom is -0.478 e. The van der Waals surface area contributed by atoms with Crippen molar-refractivity contribution in [1.29, 1.82) is 0 Å². The van der Waals surface area contributed by atoms with E-state index in [-0.39, 0.29) is 15.6 Å². The van der Waals surface area contributed by atoms with Gasteiger partial charge in [0.05, 0.1) is 10.6 Å². The molecule has 0 aliphatic rings. The van der Waals surface area contributed by atoms with Crippen LogP contribution < -0.4 is 0 Å². The van der Waals surface area contributed by atoms with E-state index in [0.29, 0.717) is 5.56 Å². The van der Waals surface area contributed by atoms with Crippen molar-refractivity contribution in [2.24, 2.45) is 0 Å².